The zero-order valence-electron chi connectivity index (χ0n) is 19.2. The van der Waals surface area contributed by atoms with Crippen LogP contribution in [-0.4, -0.2) is 52.8 Å². The Morgan fingerprint density at radius 3 is 2.34 bits per heavy atom. The number of rotatable bonds is 8. The molecule has 3 rings (SSSR count). The number of aryl methyl sites for hydroxylation is 2. The van der Waals surface area contributed by atoms with Crippen LogP contribution in [0.4, 0.5) is 0 Å². The lowest BCUT2D eigenvalue weighted by Crippen LogP contribution is -2.33. The summed E-state index contributed by atoms with van der Waals surface area (Å²) in [6.45, 7) is 11.3. The van der Waals surface area contributed by atoms with Crippen molar-refractivity contribution in [3.63, 3.8) is 0 Å². The van der Waals surface area contributed by atoms with Crippen LogP contribution < -0.4 is 0 Å². The largest absolute Gasteiger partial charge is 0.507 e. The van der Waals surface area contributed by atoms with Gasteiger partial charge in [-0.3, -0.25) is 9.59 Å². The number of aliphatic hydroxyl groups excluding tert-OH is 1. The highest BCUT2D eigenvalue weighted by atomic mass is 127. The second-order valence-electron chi connectivity index (χ2n) is 8.24. The summed E-state index contributed by atoms with van der Waals surface area (Å²) < 4.78 is 1.07. The number of likely N-dealkylation sites (tertiary alicyclic amines) is 1. The first-order valence-electron chi connectivity index (χ1n) is 11.1. The van der Waals surface area contributed by atoms with Gasteiger partial charge in [0, 0.05) is 15.7 Å². The van der Waals surface area contributed by atoms with Crippen molar-refractivity contribution in [2.75, 3.05) is 26.2 Å². The normalized spacial score (nSPS) is 18.1. The molecule has 0 bridgehead atoms. The quantitative estimate of drug-likeness (QED) is 0.218. The smallest absolute Gasteiger partial charge is 0.295 e. The molecular formula is C26H31IN2O3. The highest BCUT2D eigenvalue weighted by Crippen LogP contribution is 2.40. The van der Waals surface area contributed by atoms with Crippen molar-refractivity contribution in [2.45, 2.75) is 40.2 Å². The van der Waals surface area contributed by atoms with E-state index in [0.29, 0.717) is 12.1 Å². The van der Waals surface area contributed by atoms with Gasteiger partial charge in [0.15, 0.2) is 0 Å². The van der Waals surface area contributed by atoms with E-state index in [1.807, 2.05) is 56.3 Å². The number of carbonyl (C=O) groups excluding carboxylic acids is 2. The summed E-state index contributed by atoms with van der Waals surface area (Å²) in [6, 6.07) is 13.0. The van der Waals surface area contributed by atoms with Crippen LogP contribution in [0, 0.1) is 17.4 Å². The number of Topliss-reactive ketones (excluding diaryl/α,β-unsaturated/α-hetero) is 1. The minimum atomic E-state index is -0.616. The average Bonchev–Trinajstić information content (AvgIpc) is 3.03. The van der Waals surface area contributed by atoms with Gasteiger partial charge in [0.2, 0.25) is 0 Å². The maximum absolute atomic E-state index is 13.2. The highest BCUT2D eigenvalue weighted by molar-refractivity contribution is 14.1. The van der Waals surface area contributed by atoms with Gasteiger partial charge in [-0.1, -0.05) is 43.7 Å². The van der Waals surface area contributed by atoms with E-state index in [1.54, 1.807) is 4.90 Å². The highest BCUT2D eigenvalue weighted by Gasteiger charge is 2.45. The van der Waals surface area contributed by atoms with E-state index in [0.717, 1.165) is 46.3 Å². The molecule has 0 spiro atoms. The molecule has 1 amide bonds. The third kappa shape index (κ3) is 5.07. The number of hydrogen-bond acceptors (Lipinski definition) is 4. The Bertz CT molecular complexity index is 1030. The van der Waals surface area contributed by atoms with Gasteiger partial charge in [-0.15, -0.1) is 0 Å². The molecule has 0 aromatic heterocycles. The topological polar surface area (TPSA) is 60.9 Å². The lowest BCUT2D eigenvalue weighted by atomic mass is 9.93. The van der Waals surface area contributed by atoms with Crippen LogP contribution >= 0.6 is 22.6 Å². The van der Waals surface area contributed by atoms with Gasteiger partial charge in [-0.25, -0.2) is 0 Å². The molecule has 5 nitrogen and oxygen atoms in total. The van der Waals surface area contributed by atoms with Crippen molar-refractivity contribution in [2.24, 2.45) is 0 Å². The fourth-order valence-electron chi connectivity index (χ4n) is 4.24. The lowest BCUT2D eigenvalue weighted by molar-refractivity contribution is -0.140. The Morgan fingerprint density at radius 1 is 1.06 bits per heavy atom. The van der Waals surface area contributed by atoms with Gasteiger partial charge < -0.3 is 14.9 Å². The monoisotopic (exact) mass is 546 g/mol. The molecule has 1 heterocycles. The number of hydrogen-bond donors (Lipinski definition) is 1. The molecule has 0 radical (unpaired) electrons. The minimum Gasteiger partial charge on any atom is -0.507 e. The molecule has 1 fully saturated rings. The van der Waals surface area contributed by atoms with Crippen LogP contribution in [0.1, 0.15) is 48.6 Å². The third-order valence-electron chi connectivity index (χ3n) is 6.14. The summed E-state index contributed by atoms with van der Waals surface area (Å²) in [5, 5.41) is 11.3. The molecule has 1 N–H and O–H groups in total. The Kier molecular flexibility index (Phi) is 8.11. The summed E-state index contributed by atoms with van der Waals surface area (Å²) in [7, 11) is 0. The molecular weight excluding hydrogens is 515 g/mol. The summed E-state index contributed by atoms with van der Waals surface area (Å²) in [5.41, 5.74) is 3.45. The summed E-state index contributed by atoms with van der Waals surface area (Å²) in [6.07, 6.45) is 0.763. The van der Waals surface area contributed by atoms with Crippen LogP contribution in [0.3, 0.4) is 0 Å². The van der Waals surface area contributed by atoms with E-state index in [4.69, 9.17) is 0 Å². The molecule has 0 aliphatic carbocycles. The van der Waals surface area contributed by atoms with Crippen LogP contribution in [-0.2, 0) is 9.59 Å². The van der Waals surface area contributed by atoms with Crippen molar-refractivity contribution in [1.29, 1.82) is 0 Å². The van der Waals surface area contributed by atoms with Gasteiger partial charge in [0.25, 0.3) is 11.7 Å². The van der Waals surface area contributed by atoms with E-state index >= 15 is 0 Å². The fourth-order valence-corrected chi connectivity index (χ4v) is 4.60. The molecule has 1 aliphatic heterocycles. The molecule has 6 heteroatoms. The zero-order valence-corrected chi connectivity index (χ0v) is 21.3. The molecule has 2 aromatic carbocycles. The van der Waals surface area contributed by atoms with Crippen molar-refractivity contribution in [3.05, 3.63) is 73.9 Å². The Morgan fingerprint density at radius 2 is 1.72 bits per heavy atom. The van der Waals surface area contributed by atoms with Crippen molar-refractivity contribution < 1.29 is 14.7 Å². The maximum atomic E-state index is 13.2. The molecule has 2 aromatic rings. The Labute approximate surface area is 204 Å². The van der Waals surface area contributed by atoms with Gasteiger partial charge >= 0.3 is 0 Å². The second kappa shape index (κ2) is 10.6. The second-order valence-corrected chi connectivity index (χ2v) is 9.49. The van der Waals surface area contributed by atoms with E-state index < -0.39 is 17.7 Å². The van der Waals surface area contributed by atoms with Crippen LogP contribution in [0.15, 0.2) is 48.0 Å². The Balaban J connectivity index is 2.06. The van der Waals surface area contributed by atoms with Crippen LogP contribution in [0.5, 0.6) is 0 Å². The molecule has 1 aliphatic rings. The van der Waals surface area contributed by atoms with Crippen LogP contribution in [0.2, 0.25) is 0 Å². The van der Waals surface area contributed by atoms with Gasteiger partial charge in [-0.05, 0) is 91.8 Å². The first-order valence-corrected chi connectivity index (χ1v) is 12.2. The number of aliphatic hydroxyl groups is 1. The molecule has 1 atom stereocenters. The first-order chi connectivity index (χ1) is 15.3. The molecule has 1 unspecified atom stereocenters. The maximum Gasteiger partial charge on any atom is 0.295 e. The standard InChI is InChI=1S/C26H31IN2O3/c1-5-28(6-2)14-7-15-29-23(19-10-12-20(27)13-11-19)22(25(31)26(29)32)24(30)21-16-17(3)8-9-18(21)4/h8-13,16,23,30H,5-7,14-15H2,1-4H3. The number of nitrogens with zero attached hydrogens (tertiary/aromatic N) is 2. The summed E-state index contributed by atoms with van der Waals surface area (Å²) >= 11 is 2.23. The van der Waals surface area contributed by atoms with Crippen molar-refractivity contribution in [1.82, 2.24) is 9.80 Å². The molecule has 0 saturated carbocycles. The predicted octanol–water partition coefficient (Wildman–Crippen LogP) is 5.06. The van der Waals surface area contributed by atoms with Gasteiger partial charge in [0.05, 0.1) is 11.6 Å². The molecule has 1 saturated heterocycles. The minimum absolute atomic E-state index is 0.0978. The predicted molar refractivity (Wildman–Crippen MR) is 136 cm³/mol. The lowest BCUT2D eigenvalue weighted by Gasteiger charge is -2.27. The van der Waals surface area contributed by atoms with E-state index in [2.05, 4.69) is 41.3 Å². The van der Waals surface area contributed by atoms with E-state index in [9.17, 15) is 14.7 Å². The number of halogens is 1. The number of amides is 1. The van der Waals surface area contributed by atoms with Gasteiger partial charge in [-0.2, -0.15) is 0 Å². The third-order valence-corrected chi connectivity index (χ3v) is 6.86. The number of benzene rings is 2. The fraction of sp³-hybridized carbons (Fsp3) is 0.385. The van der Waals surface area contributed by atoms with Crippen LogP contribution in [0.25, 0.3) is 5.76 Å². The summed E-state index contributed by atoms with van der Waals surface area (Å²) in [5.74, 6) is -1.26. The first kappa shape index (κ1) is 24.5. The zero-order chi connectivity index (χ0) is 23.4. The van der Waals surface area contributed by atoms with Gasteiger partial charge in [0.1, 0.15) is 5.76 Å². The van der Waals surface area contributed by atoms with Crippen molar-refractivity contribution >= 4 is 40.0 Å². The Hall–Kier alpha value is -2.19. The van der Waals surface area contributed by atoms with E-state index in [1.165, 1.54) is 0 Å². The van der Waals surface area contributed by atoms with Crippen molar-refractivity contribution in [3.8, 4) is 0 Å². The SMILES string of the molecule is CCN(CC)CCCN1C(=O)C(=O)C(=C(O)c2cc(C)ccc2C)C1c1ccc(I)cc1. The summed E-state index contributed by atoms with van der Waals surface area (Å²) in [4.78, 5) is 30.2. The molecule has 170 valence electrons. The van der Waals surface area contributed by atoms with E-state index in [-0.39, 0.29) is 11.3 Å². The average molecular weight is 546 g/mol. The molecule has 32 heavy (non-hydrogen) atoms. The number of ketones is 1. The number of carbonyl (C=O) groups is 2.